The molecule has 1 atom stereocenters. The number of phenolic OH excluding ortho intramolecular Hbond substituents is 1. The number of amides is 2. The van der Waals surface area contributed by atoms with Gasteiger partial charge in [0.1, 0.15) is 11.8 Å². The van der Waals surface area contributed by atoms with Crippen molar-refractivity contribution >= 4 is 29.7 Å². The molecular weight excluding hydrogens is 403 g/mol. The topological polar surface area (TPSA) is 115 Å². The average molecular weight is 419 g/mol. The molecule has 0 saturated heterocycles. The third-order valence-electron chi connectivity index (χ3n) is 3.96. The summed E-state index contributed by atoms with van der Waals surface area (Å²) in [6.45, 7) is 0. The van der Waals surface area contributed by atoms with Crippen LogP contribution in [-0.4, -0.2) is 35.1 Å². The van der Waals surface area contributed by atoms with Crippen molar-refractivity contribution < 1.29 is 27.9 Å². The van der Waals surface area contributed by atoms with Crippen molar-refractivity contribution in [1.29, 1.82) is 0 Å². The van der Waals surface area contributed by atoms with E-state index in [2.05, 4.69) is 26.2 Å². The van der Waals surface area contributed by atoms with Crippen molar-refractivity contribution in [3.63, 3.8) is 0 Å². The van der Waals surface area contributed by atoms with Crippen LogP contribution in [0.1, 0.15) is 17.5 Å². The largest absolute Gasteiger partial charge is 0.508 e. The number of guanidine groups is 1. The number of hydrogen-bond acceptors (Lipinski definition) is 6. The van der Waals surface area contributed by atoms with Gasteiger partial charge in [0.05, 0.1) is 18.2 Å². The van der Waals surface area contributed by atoms with Crippen LogP contribution in [0.3, 0.4) is 0 Å². The van der Waals surface area contributed by atoms with Crippen LogP contribution in [-0.2, 0) is 15.8 Å². The third-order valence-corrected chi connectivity index (χ3v) is 3.96. The van der Waals surface area contributed by atoms with Gasteiger partial charge in [-0.05, 0) is 48.0 Å². The Morgan fingerprint density at radius 2 is 1.97 bits per heavy atom. The van der Waals surface area contributed by atoms with Crippen molar-refractivity contribution in [3.05, 3.63) is 59.7 Å². The summed E-state index contributed by atoms with van der Waals surface area (Å²) in [6.07, 6.45) is -3.45. The van der Waals surface area contributed by atoms with E-state index in [0.717, 1.165) is 12.1 Å². The van der Waals surface area contributed by atoms with Gasteiger partial charge in [-0.3, -0.25) is 14.9 Å². The first-order valence-electron chi connectivity index (χ1n) is 8.64. The Balaban J connectivity index is 1.56. The van der Waals surface area contributed by atoms with Crippen molar-refractivity contribution in [2.75, 3.05) is 5.32 Å². The second-order valence-corrected chi connectivity index (χ2v) is 6.28. The van der Waals surface area contributed by atoms with Crippen LogP contribution in [0, 0.1) is 0 Å². The van der Waals surface area contributed by atoms with Crippen molar-refractivity contribution in [2.45, 2.75) is 18.6 Å². The number of nitrogens with one attached hydrogen (secondary N) is 3. The minimum atomic E-state index is -4.53. The number of phenols is 1. The molecule has 8 nitrogen and oxygen atoms in total. The number of benzene rings is 2. The molecule has 0 radical (unpaired) electrons. The maximum Gasteiger partial charge on any atom is 0.416 e. The number of anilines is 1. The lowest BCUT2D eigenvalue weighted by Crippen LogP contribution is -2.35. The zero-order valence-corrected chi connectivity index (χ0v) is 15.3. The van der Waals surface area contributed by atoms with Gasteiger partial charge in [0.15, 0.2) is 0 Å². The fraction of sp³-hybridized carbons (Fsp3) is 0.158. The predicted octanol–water partition coefficient (Wildman–Crippen LogP) is 2.22. The Hall–Kier alpha value is -3.89. The Labute approximate surface area is 168 Å². The molecule has 0 spiro atoms. The number of hydrogen-bond donors (Lipinski definition) is 4. The smallest absolute Gasteiger partial charge is 0.416 e. The number of hydrazone groups is 1. The van der Waals surface area contributed by atoms with Crippen molar-refractivity contribution in [2.24, 2.45) is 10.1 Å². The van der Waals surface area contributed by atoms with Gasteiger partial charge in [0.2, 0.25) is 11.9 Å². The highest BCUT2D eigenvalue weighted by Gasteiger charge is 2.31. The summed E-state index contributed by atoms with van der Waals surface area (Å²) >= 11 is 0. The fourth-order valence-electron chi connectivity index (χ4n) is 2.53. The highest BCUT2D eigenvalue weighted by atomic mass is 19.4. The van der Waals surface area contributed by atoms with E-state index < -0.39 is 29.6 Å². The lowest BCUT2D eigenvalue weighted by molar-refractivity contribution is -0.137. The second-order valence-electron chi connectivity index (χ2n) is 6.28. The Kier molecular flexibility index (Phi) is 6.00. The van der Waals surface area contributed by atoms with Gasteiger partial charge < -0.3 is 10.4 Å². The molecule has 3 rings (SSSR count). The van der Waals surface area contributed by atoms with Gasteiger partial charge in [0, 0.05) is 5.69 Å². The Morgan fingerprint density at radius 3 is 2.67 bits per heavy atom. The minimum Gasteiger partial charge on any atom is -0.508 e. The van der Waals surface area contributed by atoms with Gasteiger partial charge >= 0.3 is 6.18 Å². The standard InChI is InChI=1S/C19H16F3N5O3/c20-19(21,22)12-2-1-3-13(8-12)24-16(29)9-15-17(30)26-18(25-15)27-23-10-11-4-6-14(28)7-5-11/h1-8,10,15,28H,9H2,(H,24,29)(H2,25,26,27,30). The third kappa shape index (κ3) is 5.56. The molecule has 0 bridgehead atoms. The van der Waals surface area contributed by atoms with E-state index in [0.29, 0.717) is 5.56 Å². The first-order chi connectivity index (χ1) is 14.2. The SMILES string of the molecule is O=C(CC1N=C(NN=Cc2ccc(O)cc2)NC1=O)Nc1cccc(C(F)(F)F)c1. The molecule has 0 aromatic heterocycles. The summed E-state index contributed by atoms with van der Waals surface area (Å²) in [7, 11) is 0. The lowest BCUT2D eigenvalue weighted by atomic mass is 10.1. The van der Waals surface area contributed by atoms with Crippen LogP contribution in [0.2, 0.25) is 0 Å². The molecule has 1 heterocycles. The number of alkyl halides is 3. The van der Waals surface area contributed by atoms with Gasteiger partial charge in [0.25, 0.3) is 5.91 Å². The Bertz CT molecular complexity index is 1000. The highest BCUT2D eigenvalue weighted by Crippen LogP contribution is 2.30. The average Bonchev–Trinajstić information content (AvgIpc) is 3.02. The van der Waals surface area contributed by atoms with E-state index in [-0.39, 0.29) is 23.8 Å². The molecule has 0 aliphatic carbocycles. The molecule has 0 saturated carbocycles. The highest BCUT2D eigenvalue weighted by molar-refractivity contribution is 6.07. The number of carbonyl (C=O) groups excluding carboxylic acids is 2. The van der Waals surface area contributed by atoms with Crippen LogP contribution >= 0.6 is 0 Å². The number of aliphatic imine (C=N–C) groups is 1. The van der Waals surface area contributed by atoms with E-state index in [1.165, 1.54) is 30.5 Å². The maximum atomic E-state index is 12.7. The zero-order valence-electron chi connectivity index (χ0n) is 15.3. The number of aromatic hydroxyl groups is 1. The van der Waals surface area contributed by atoms with E-state index >= 15 is 0 Å². The molecular formula is C19H16F3N5O3. The molecule has 30 heavy (non-hydrogen) atoms. The van der Waals surface area contributed by atoms with Gasteiger partial charge in [-0.25, -0.2) is 10.4 Å². The molecule has 11 heteroatoms. The molecule has 156 valence electrons. The van der Waals surface area contributed by atoms with Crippen LogP contribution in [0.25, 0.3) is 0 Å². The molecule has 2 amide bonds. The summed E-state index contributed by atoms with van der Waals surface area (Å²) in [4.78, 5) is 28.1. The molecule has 1 aliphatic rings. The number of rotatable bonds is 5. The second kappa shape index (κ2) is 8.64. The van der Waals surface area contributed by atoms with E-state index in [4.69, 9.17) is 0 Å². The van der Waals surface area contributed by atoms with E-state index in [9.17, 15) is 27.9 Å². The molecule has 2 aromatic rings. The first kappa shape index (κ1) is 20.8. The maximum absolute atomic E-state index is 12.7. The zero-order chi connectivity index (χ0) is 21.7. The lowest BCUT2D eigenvalue weighted by Gasteiger charge is -2.10. The van der Waals surface area contributed by atoms with Crippen molar-refractivity contribution in [3.8, 4) is 5.75 Å². The van der Waals surface area contributed by atoms with Crippen LogP contribution in [0.5, 0.6) is 5.75 Å². The summed E-state index contributed by atoms with van der Waals surface area (Å²) in [5.41, 5.74) is 2.28. The monoisotopic (exact) mass is 419 g/mol. The number of halogens is 3. The summed E-state index contributed by atoms with van der Waals surface area (Å²) in [6, 6.07) is 9.35. The minimum absolute atomic E-state index is 0.0333. The van der Waals surface area contributed by atoms with Crippen molar-refractivity contribution in [1.82, 2.24) is 10.7 Å². The number of nitrogens with zero attached hydrogens (tertiary/aromatic N) is 2. The van der Waals surface area contributed by atoms with Crippen LogP contribution in [0.15, 0.2) is 58.6 Å². The molecule has 1 unspecified atom stereocenters. The molecule has 4 N–H and O–H groups in total. The summed E-state index contributed by atoms with van der Waals surface area (Å²) < 4.78 is 38.2. The van der Waals surface area contributed by atoms with Gasteiger partial charge in [-0.15, -0.1) is 0 Å². The number of carbonyl (C=O) groups is 2. The summed E-state index contributed by atoms with van der Waals surface area (Å²) in [5, 5.41) is 17.9. The van der Waals surface area contributed by atoms with E-state index in [1.807, 2.05) is 0 Å². The normalized spacial score (nSPS) is 16.3. The molecule has 2 aromatic carbocycles. The predicted molar refractivity (Wildman–Crippen MR) is 103 cm³/mol. The first-order valence-corrected chi connectivity index (χ1v) is 8.64. The summed E-state index contributed by atoms with van der Waals surface area (Å²) in [5.74, 6) is -1.06. The molecule has 0 fully saturated rings. The van der Waals surface area contributed by atoms with Crippen LogP contribution < -0.4 is 16.1 Å². The van der Waals surface area contributed by atoms with Gasteiger partial charge in [-0.2, -0.15) is 18.3 Å². The fourth-order valence-corrected chi connectivity index (χ4v) is 2.53. The Morgan fingerprint density at radius 1 is 1.23 bits per heavy atom. The molecule has 1 aliphatic heterocycles. The van der Waals surface area contributed by atoms with Crippen LogP contribution in [0.4, 0.5) is 18.9 Å². The van der Waals surface area contributed by atoms with Gasteiger partial charge in [-0.1, -0.05) is 6.07 Å². The van der Waals surface area contributed by atoms with E-state index in [1.54, 1.807) is 12.1 Å². The quantitative estimate of drug-likeness (QED) is 0.439.